The van der Waals surface area contributed by atoms with E-state index >= 15 is 0 Å². The van der Waals surface area contributed by atoms with Crippen molar-refractivity contribution in [3.8, 4) is 16.9 Å². The van der Waals surface area contributed by atoms with E-state index in [1.165, 1.54) is 0 Å². The first kappa shape index (κ1) is 44.9. The lowest BCUT2D eigenvalue weighted by Gasteiger charge is -2.19. The number of rotatable bonds is 29. The molecule has 4 rings (SSSR count). The molecule has 0 spiro atoms. The molecule has 1 atom stereocenters. The van der Waals surface area contributed by atoms with Crippen molar-refractivity contribution in [2.45, 2.75) is 38.6 Å². The second kappa shape index (κ2) is 26.2. The summed E-state index contributed by atoms with van der Waals surface area (Å²) in [7, 11) is 0. The van der Waals surface area contributed by atoms with E-state index in [0.29, 0.717) is 84.5 Å². The fourth-order valence-corrected chi connectivity index (χ4v) is 5.87. The lowest BCUT2D eigenvalue weighted by atomic mass is 9.95. The molecule has 1 aromatic heterocycles. The van der Waals surface area contributed by atoms with Crippen LogP contribution in [0.2, 0.25) is 0 Å². The zero-order chi connectivity index (χ0) is 41.2. The number of aromatic nitrogens is 1. The number of carboxylic acids is 1. The van der Waals surface area contributed by atoms with Crippen LogP contribution in [0.4, 0.5) is 5.82 Å². The molecule has 0 fully saturated rings. The van der Waals surface area contributed by atoms with Gasteiger partial charge < -0.3 is 44.7 Å². The van der Waals surface area contributed by atoms with Crippen LogP contribution in [0.15, 0.2) is 84.1 Å². The number of carbonyl (C=O) groups is 3. The molecule has 1 unspecified atom stereocenters. The van der Waals surface area contributed by atoms with Crippen molar-refractivity contribution < 1.29 is 43.2 Å². The number of aryl methyl sites for hydroxylation is 1. The number of fused-ring (bicyclic) bond motifs is 1. The molecule has 310 valence electrons. The minimum Gasteiger partial charge on any atom is -0.491 e. The number of aliphatic carboxylic acids is 1. The lowest BCUT2D eigenvalue weighted by molar-refractivity contribution is -0.138. The number of pyridine rings is 1. The standard InChI is InChI=1S/C42H53N7O9/c1-31-15-17-45-39(28-31)44-16-5-4-8-40(50)46-30-41(51)48-37(29-42(52)53)33-11-9-32(10-12-33)34-13-14-38(36-7-3-2-6-35(34)36)58-27-26-57-25-24-56-23-22-55-21-20-54-19-18-47-49-43/h2-3,6-7,9-15,17,28,37H,4-5,8,16,18-27,29-30H2,1H3,(H,44,45)(H,46,50)(H,48,51)(H,52,53). The highest BCUT2D eigenvalue weighted by Crippen LogP contribution is 2.35. The Hall–Kier alpha value is -5.77. The third-order valence-corrected chi connectivity index (χ3v) is 8.72. The van der Waals surface area contributed by atoms with E-state index in [0.717, 1.165) is 45.5 Å². The van der Waals surface area contributed by atoms with Crippen LogP contribution in [0.1, 0.15) is 42.9 Å². The summed E-state index contributed by atoms with van der Waals surface area (Å²) in [6, 6.07) is 22.3. The average molecular weight is 800 g/mol. The molecule has 0 aliphatic carbocycles. The Bertz CT molecular complexity index is 1920. The first-order valence-corrected chi connectivity index (χ1v) is 19.3. The van der Waals surface area contributed by atoms with Crippen LogP contribution < -0.4 is 20.7 Å². The molecule has 3 aromatic carbocycles. The number of nitrogens with one attached hydrogen (secondary N) is 3. The summed E-state index contributed by atoms with van der Waals surface area (Å²) in [5.74, 6) is -0.273. The largest absolute Gasteiger partial charge is 0.491 e. The van der Waals surface area contributed by atoms with Crippen LogP contribution in [-0.4, -0.2) is 107 Å². The first-order chi connectivity index (χ1) is 28.3. The molecule has 0 bridgehead atoms. The summed E-state index contributed by atoms with van der Waals surface area (Å²) < 4.78 is 27.9. The van der Waals surface area contributed by atoms with Crippen LogP contribution in [0, 0.1) is 6.92 Å². The number of nitrogens with zero attached hydrogens (tertiary/aromatic N) is 4. The number of carbonyl (C=O) groups excluding carboxylic acids is 2. The number of amides is 2. The van der Waals surface area contributed by atoms with Gasteiger partial charge in [-0.05, 0) is 71.1 Å². The Morgan fingerprint density at radius 1 is 0.810 bits per heavy atom. The van der Waals surface area contributed by atoms with E-state index in [-0.39, 0.29) is 25.3 Å². The van der Waals surface area contributed by atoms with Crippen LogP contribution in [-0.2, 0) is 33.3 Å². The van der Waals surface area contributed by atoms with Gasteiger partial charge in [0.2, 0.25) is 11.8 Å². The number of benzene rings is 3. The van der Waals surface area contributed by atoms with Gasteiger partial charge in [-0.2, -0.15) is 0 Å². The maximum absolute atomic E-state index is 12.8. The van der Waals surface area contributed by atoms with Gasteiger partial charge in [0.25, 0.3) is 0 Å². The lowest BCUT2D eigenvalue weighted by Crippen LogP contribution is -2.39. The van der Waals surface area contributed by atoms with Crippen LogP contribution in [0.3, 0.4) is 0 Å². The van der Waals surface area contributed by atoms with Gasteiger partial charge in [0.05, 0.1) is 71.9 Å². The monoisotopic (exact) mass is 799 g/mol. The number of ether oxygens (including phenoxy) is 5. The minimum absolute atomic E-state index is 0.249. The highest BCUT2D eigenvalue weighted by atomic mass is 16.6. The van der Waals surface area contributed by atoms with Crippen molar-refractivity contribution in [2.75, 3.05) is 84.4 Å². The van der Waals surface area contributed by atoms with E-state index < -0.39 is 17.9 Å². The summed E-state index contributed by atoms with van der Waals surface area (Å²) in [4.78, 5) is 43.8. The zero-order valence-corrected chi connectivity index (χ0v) is 32.9. The van der Waals surface area contributed by atoms with E-state index in [9.17, 15) is 19.5 Å². The average Bonchev–Trinajstić information content (AvgIpc) is 3.22. The van der Waals surface area contributed by atoms with Crippen molar-refractivity contribution in [1.82, 2.24) is 15.6 Å². The molecule has 0 aliphatic heterocycles. The molecule has 4 aromatic rings. The number of azide groups is 1. The molecular formula is C42H53N7O9. The summed E-state index contributed by atoms with van der Waals surface area (Å²) >= 11 is 0. The molecule has 0 saturated heterocycles. The maximum atomic E-state index is 12.8. The molecular weight excluding hydrogens is 747 g/mol. The molecule has 58 heavy (non-hydrogen) atoms. The minimum atomic E-state index is -1.06. The summed E-state index contributed by atoms with van der Waals surface area (Å²) in [6.07, 6.45) is 3.09. The van der Waals surface area contributed by atoms with Crippen molar-refractivity contribution >= 4 is 34.4 Å². The first-order valence-electron chi connectivity index (χ1n) is 19.3. The Kier molecular flexibility index (Phi) is 20.3. The fourth-order valence-electron chi connectivity index (χ4n) is 5.87. The van der Waals surface area contributed by atoms with E-state index in [1.807, 2.05) is 79.7 Å². The molecule has 2 amide bonds. The number of hydrogen-bond donors (Lipinski definition) is 4. The highest BCUT2D eigenvalue weighted by Gasteiger charge is 2.19. The maximum Gasteiger partial charge on any atom is 0.305 e. The van der Waals surface area contributed by atoms with Crippen molar-refractivity contribution in [3.05, 3.63) is 101 Å². The summed E-state index contributed by atoms with van der Waals surface area (Å²) in [6.45, 7) is 6.41. The molecule has 0 radical (unpaired) electrons. The molecule has 16 nitrogen and oxygen atoms in total. The SMILES string of the molecule is Cc1ccnc(NCCCCC(=O)NCC(=O)NC(CC(=O)O)c2ccc(-c3ccc(OCCOCCOCCOCCOCCN=[N+]=[N-])c4ccccc34)cc2)c1. The second-order valence-electron chi connectivity index (χ2n) is 13.1. The van der Waals surface area contributed by atoms with Crippen molar-refractivity contribution in [1.29, 1.82) is 0 Å². The molecule has 0 aliphatic rings. The fraction of sp³-hybridized carbons (Fsp3) is 0.429. The van der Waals surface area contributed by atoms with Gasteiger partial charge in [0.1, 0.15) is 18.2 Å². The van der Waals surface area contributed by atoms with Crippen LogP contribution in [0.5, 0.6) is 5.75 Å². The van der Waals surface area contributed by atoms with Crippen LogP contribution in [0.25, 0.3) is 32.3 Å². The Morgan fingerprint density at radius 3 is 2.16 bits per heavy atom. The van der Waals surface area contributed by atoms with Gasteiger partial charge in [0.15, 0.2) is 0 Å². The third-order valence-electron chi connectivity index (χ3n) is 8.72. The van der Waals surface area contributed by atoms with Gasteiger partial charge in [-0.3, -0.25) is 14.4 Å². The summed E-state index contributed by atoms with van der Waals surface area (Å²) in [5.41, 5.74) is 11.8. The van der Waals surface area contributed by atoms with Gasteiger partial charge in [0, 0.05) is 36.0 Å². The third kappa shape index (κ3) is 16.8. The second-order valence-corrected chi connectivity index (χ2v) is 13.1. The predicted molar refractivity (Wildman–Crippen MR) is 220 cm³/mol. The van der Waals surface area contributed by atoms with E-state index in [1.54, 1.807) is 6.20 Å². The van der Waals surface area contributed by atoms with Crippen molar-refractivity contribution in [3.63, 3.8) is 0 Å². The topological polar surface area (TPSA) is 215 Å². The number of unbranched alkanes of at least 4 members (excludes halogenated alkanes) is 1. The van der Waals surface area contributed by atoms with E-state index in [2.05, 4.69) is 31.0 Å². The predicted octanol–water partition coefficient (Wildman–Crippen LogP) is 6.00. The highest BCUT2D eigenvalue weighted by molar-refractivity contribution is 6.00. The van der Waals surface area contributed by atoms with Gasteiger partial charge in [-0.25, -0.2) is 4.98 Å². The Morgan fingerprint density at radius 2 is 1.48 bits per heavy atom. The van der Waals surface area contributed by atoms with Crippen molar-refractivity contribution in [2.24, 2.45) is 5.11 Å². The summed E-state index contributed by atoms with van der Waals surface area (Å²) in [5, 5.41) is 23.5. The smallest absolute Gasteiger partial charge is 0.305 e. The van der Waals surface area contributed by atoms with Gasteiger partial charge >= 0.3 is 5.97 Å². The van der Waals surface area contributed by atoms with Gasteiger partial charge in [-0.15, -0.1) is 0 Å². The zero-order valence-electron chi connectivity index (χ0n) is 32.9. The number of anilines is 1. The number of carboxylic acid groups (broad SMARTS) is 1. The van der Waals surface area contributed by atoms with E-state index in [4.69, 9.17) is 29.2 Å². The molecule has 16 heteroatoms. The Labute approximate surface area is 338 Å². The molecule has 4 N–H and O–H groups in total. The van der Waals surface area contributed by atoms with Gasteiger partial charge in [-0.1, -0.05) is 59.7 Å². The molecule has 1 heterocycles. The number of hydrogen-bond acceptors (Lipinski definition) is 11. The normalized spacial score (nSPS) is 11.4. The molecule has 0 saturated carbocycles. The Balaban J connectivity index is 1.18. The quantitative estimate of drug-likeness (QED) is 0.0216. The van der Waals surface area contributed by atoms with Crippen LogP contribution >= 0.6 is 0 Å².